The van der Waals surface area contributed by atoms with Gasteiger partial charge in [0.2, 0.25) is 11.8 Å². The Kier molecular flexibility index (Phi) is 13.4. The maximum Gasteiger partial charge on any atom is 0.309 e. The molecule has 1 fully saturated rings. The molecule has 2 aliphatic rings. The maximum absolute atomic E-state index is 13.8. The topological polar surface area (TPSA) is 114 Å². The summed E-state index contributed by atoms with van der Waals surface area (Å²) in [6, 6.07) is 27.2. The van der Waals surface area contributed by atoms with Crippen LogP contribution in [0.3, 0.4) is 0 Å². The van der Waals surface area contributed by atoms with Crippen LogP contribution in [-0.4, -0.2) is 47.7 Å². The Morgan fingerprint density at radius 2 is 1.51 bits per heavy atom. The number of hydrogen-bond donors (Lipinski definition) is 3. The normalized spacial score (nSPS) is 21.6. The average molecular weight is 667 g/mol. The number of nitrogens with one attached hydrogen (secondary N) is 2. The summed E-state index contributed by atoms with van der Waals surface area (Å²) in [6.45, 7) is 0.372. The van der Waals surface area contributed by atoms with Crippen LogP contribution in [0.25, 0.3) is 0 Å². The van der Waals surface area contributed by atoms with Gasteiger partial charge in [-0.25, -0.2) is 0 Å². The van der Waals surface area contributed by atoms with Crippen LogP contribution >= 0.6 is 0 Å². The lowest BCUT2D eigenvalue weighted by Gasteiger charge is -2.29. The molecule has 1 aliphatic carbocycles. The zero-order valence-corrected chi connectivity index (χ0v) is 28.4. The Hall–Kier alpha value is -4.43. The minimum absolute atomic E-state index is 0.0109. The number of aliphatic hydroxyl groups is 1. The number of ether oxygens (including phenoxy) is 2. The summed E-state index contributed by atoms with van der Waals surface area (Å²) in [7, 11) is 0. The number of allylic oxidation sites excluding steroid dienone is 2. The second-order valence-electron chi connectivity index (χ2n) is 13.6. The van der Waals surface area contributed by atoms with Gasteiger partial charge in [-0.15, -0.1) is 0 Å². The number of benzene rings is 3. The van der Waals surface area contributed by atoms with Gasteiger partial charge in [-0.05, 0) is 80.2 Å². The number of amides is 2. The first-order chi connectivity index (χ1) is 23.9. The lowest BCUT2D eigenvalue weighted by atomic mass is 9.93. The fraction of sp³-hybridized carbons (Fsp3) is 0.439. The largest absolute Gasteiger partial charge is 0.489 e. The Bertz CT molecular complexity index is 1500. The van der Waals surface area contributed by atoms with Gasteiger partial charge in [-0.1, -0.05) is 97.8 Å². The molecule has 1 heterocycles. The van der Waals surface area contributed by atoms with E-state index in [9.17, 15) is 19.5 Å². The van der Waals surface area contributed by atoms with E-state index < -0.39 is 17.5 Å². The second-order valence-corrected chi connectivity index (χ2v) is 13.6. The summed E-state index contributed by atoms with van der Waals surface area (Å²) in [6.07, 6.45) is 11.1. The summed E-state index contributed by atoms with van der Waals surface area (Å²) in [5.41, 5.74) is 2.52. The second kappa shape index (κ2) is 18.4. The van der Waals surface area contributed by atoms with Gasteiger partial charge in [-0.2, -0.15) is 0 Å². The molecule has 0 unspecified atom stereocenters. The molecular formula is C41H50N2O6. The van der Waals surface area contributed by atoms with E-state index in [1.807, 2.05) is 97.1 Å². The standard InChI is InChI=1S/C41H50N2O6/c44-30-41(23-11-12-24-41)43-38(45)27-34-17-9-1-2-10-18-35(25-31-13-5-3-6-14-31)40(47)49-29-36(42-39(34)46)26-32-19-21-37(22-20-32)48-28-33-15-7-4-8-16-33/h1,3-9,13-16,19-22,34-36,44H,2,10-12,17-18,23-30H2,(H,42,46)(H,43,45)/t34-,35-,36+/m1/s1. The van der Waals surface area contributed by atoms with Gasteiger partial charge in [0.05, 0.1) is 30.0 Å². The molecule has 1 saturated carbocycles. The van der Waals surface area contributed by atoms with Crippen molar-refractivity contribution >= 4 is 17.8 Å². The van der Waals surface area contributed by atoms with E-state index in [2.05, 4.69) is 10.6 Å². The van der Waals surface area contributed by atoms with Crippen LogP contribution in [-0.2, 0) is 38.6 Å². The number of carbonyl (C=O) groups excluding carboxylic acids is 3. The molecule has 49 heavy (non-hydrogen) atoms. The first-order valence-electron chi connectivity index (χ1n) is 17.7. The van der Waals surface area contributed by atoms with Crippen molar-refractivity contribution in [3.63, 3.8) is 0 Å². The van der Waals surface area contributed by atoms with Crippen LogP contribution in [0.15, 0.2) is 97.1 Å². The van der Waals surface area contributed by atoms with Crippen LogP contribution in [0.1, 0.15) is 74.5 Å². The lowest BCUT2D eigenvalue weighted by molar-refractivity contribution is -0.150. The lowest BCUT2D eigenvalue weighted by Crippen LogP contribution is -2.50. The molecule has 3 aromatic rings. The molecule has 260 valence electrons. The Morgan fingerprint density at radius 3 is 2.20 bits per heavy atom. The zero-order valence-electron chi connectivity index (χ0n) is 28.4. The number of carbonyl (C=O) groups is 3. The predicted molar refractivity (Wildman–Crippen MR) is 190 cm³/mol. The summed E-state index contributed by atoms with van der Waals surface area (Å²) in [5.74, 6) is -0.917. The van der Waals surface area contributed by atoms with E-state index in [0.717, 1.165) is 61.0 Å². The Balaban J connectivity index is 1.29. The SMILES string of the molecule is O=C(C[C@H]1CC=CCCC[C@H](Cc2ccccc2)C(=O)OC[C@H](Cc2ccc(OCc3ccccc3)cc2)NC1=O)NC1(CO)CCCC1. The Labute approximate surface area is 290 Å². The summed E-state index contributed by atoms with van der Waals surface area (Å²) in [5, 5.41) is 16.2. The summed E-state index contributed by atoms with van der Waals surface area (Å²) < 4.78 is 11.9. The zero-order chi connectivity index (χ0) is 34.3. The van der Waals surface area contributed by atoms with Crippen LogP contribution in [0.4, 0.5) is 0 Å². The quantitative estimate of drug-likeness (QED) is 0.165. The van der Waals surface area contributed by atoms with E-state index in [1.54, 1.807) is 0 Å². The van der Waals surface area contributed by atoms with Gasteiger partial charge in [-0.3, -0.25) is 14.4 Å². The molecule has 2 amide bonds. The third-order valence-corrected chi connectivity index (χ3v) is 9.67. The predicted octanol–water partition coefficient (Wildman–Crippen LogP) is 6.25. The van der Waals surface area contributed by atoms with Gasteiger partial charge in [0.15, 0.2) is 0 Å². The third-order valence-electron chi connectivity index (χ3n) is 9.67. The fourth-order valence-corrected chi connectivity index (χ4v) is 6.81. The number of rotatable bonds is 11. The van der Waals surface area contributed by atoms with Crippen molar-refractivity contribution in [1.29, 1.82) is 0 Å². The highest BCUT2D eigenvalue weighted by Crippen LogP contribution is 2.29. The highest BCUT2D eigenvalue weighted by Gasteiger charge is 2.36. The molecule has 1 aliphatic heterocycles. The molecule has 3 N–H and O–H groups in total. The van der Waals surface area contributed by atoms with Crippen LogP contribution in [0.2, 0.25) is 0 Å². The molecule has 3 aromatic carbocycles. The molecule has 0 spiro atoms. The van der Waals surface area contributed by atoms with E-state index in [0.29, 0.717) is 32.3 Å². The van der Waals surface area contributed by atoms with Crippen molar-refractivity contribution in [1.82, 2.24) is 10.6 Å². The molecule has 5 rings (SSSR count). The average Bonchev–Trinajstić information content (AvgIpc) is 3.59. The molecule has 0 bridgehead atoms. The van der Waals surface area contributed by atoms with Crippen molar-refractivity contribution in [3.8, 4) is 5.75 Å². The first-order valence-corrected chi connectivity index (χ1v) is 17.7. The van der Waals surface area contributed by atoms with E-state index in [1.165, 1.54) is 0 Å². The molecular weight excluding hydrogens is 616 g/mol. The fourth-order valence-electron chi connectivity index (χ4n) is 6.81. The first kappa shape index (κ1) is 35.9. The highest BCUT2D eigenvalue weighted by molar-refractivity contribution is 5.86. The van der Waals surface area contributed by atoms with Gasteiger partial charge in [0.25, 0.3) is 0 Å². The number of cyclic esters (lactones) is 1. The monoisotopic (exact) mass is 666 g/mol. The van der Waals surface area contributed by atoms with Gasteiger partial charge >= 0.3 is 5.97 Å². The molecule has 8 heteroatoms. The number of hydrogen-bond acceptors (Lipinski definition) is 6. The van der Waals surface area contributed by atoms with Crippen LogP contribution in [0.5, 0.6) is 5.75 Å². The van der Waals surface area contributed by atoms with E-state index >= 15 is 0 Å². The molecule has 0 radical (unpaired) electrons. The van der Waals surface area contributed by atoms with Crippen molar-refractivity contribution in [3.05, 3.63) is 114 Å². The molecule has 0 saturated heterocycles. The van der Waals surface area contributed by atoms with Crippen molar-refractivity contribution in [2.75, 3.05) is 13.2 Å². The van der Waals surface area contributed by atoms with E-state index in [4.69, 9.17) is 9.47 Å². The van der Waals surface area contributed by atoms with Crippen molar-refractivity contribution in [2.45, 2.75) is 88.8 Å². The van der Waals surface area contributed by atoms with Gasteiger partial charge < -0.3 is 25.2 Å². The smallest absolute Gasteiger partial charge is 0.309 e. The van der Waals surface area contributed by atoms with Gasteiger partial charge in [0, 0.05) is 6.42 Å². The van der Waals surface area contributed by atoms with E-state index in [-0.39, 0.29) is 43.3 Å². The van der Waals surface area contributed by atoms with Crippen LogP contribution in [0, 0.1) is 11.8 Å². The molecule has 3 atom stereocenters. The Morgan fingerprint density at radius 1 is 0.837 bits per heavy atom. The molecule has 0 aromatic heterocycles. The number of esters is 1. The highest BCUT2D eigenvalue weighted by atomic mass is 16.5. The maximum atomic E-state index is 13.8. The third kappa shape index (κ3) is 11.3. The summed E-state index contributed by atoms with van der Waals surface area (Å²) >= 11 is 0. The van der Waals surface area contributed by atoms with Crippen molar-refractivity contribution < 1.29 is 29.0 Å². The van der Waals surface area contributed by atoms with Crippen molar-refractivity contribution in [2.24, 2.45) is 11.8 Å². The number of aliphatic hydroxyl groups excluding tert-OH is 1. The van der Waals surface area contributed by atoms with Gasteiger partial charge in [0.1, 0.15) is 19.0 Å². The van der Waals surface area contributed by atoms with Crippen LogP contribution < -0.4 is 15.4 Å². The minimum Gasteiger partial charge on any atom is -0.489 e. The summed E-state index contributed by atoms with van der Waals surface area (Å²) in [4.78, 5) is 40.5. The molecule has 8 nitrogen and oxygen atoms in total. The minimum atomic E-state index is -0.603.